The maximum Gasteiger partial charge on any atom is 0.0568 e. The highest BCUT2D eigenvalue weighted by Crippen LogP contribution is 2.44. The van der Waals surface area contributed by atoms with Gasteiger partial charge in [0, 0.05) is 6.04 Å². The molecule has 0 aliphatic heterocycles. The molecule has 0 fully saturated rings. The van der Waals surface area contributed by atoms with Gasteiger partial charge in [0.1, 0.15) is 0 Å². The van der Waals surface area contributed by atoms with E-state index in [1.165, 1.54) is 19.0 Å². The average Bonchev–Trinajstić information content (AvgIpc) is 2.32. The predicted octanol–water partition coefficient (Wildman–Crippen LogP) is 5.86. The number of nitrogens with one attached hydrogen (secondary N) is 1. The molecule has 0 saturated carbocycles. The largest absolute Gasteiger partial charge is 0.315 e. The summed E-state index contributed by atoms with van der Waals surface area (Å²) in [5.41, 5.74) is 7.03. The molecule has 22 heavy (non-hydrogen) atoms. The van der Waals surface area contributed by atoms with Crippen LogP contribution in [0.3, 0.4) is 0 Å². The number of hydrogen-bond acceptors (Lipinski definition) is 1. The highest BCUT2D eigenvalue weighted by atomic mass is 29.2. The highest BCUT2D eigenvalue weighted by molar-refractivity contribution is 7.36. The van der Waals surface area contributed by atoms with Crippen molar-refractivity contribution in [3.05, 3.63) is 11.3 Å². The van der Waals surface area contributed by atoms with Gasteiger partial charge in [-0.25, -0.2) is 0 Å². The van der Waals surface area contributed by atoms with E-state index in [4.69, 9.17) is 0 Å². The Bertz CT molecular complexity index is 307. The summed E-state index contributed by atoms with van der Waals surface area (Å²) in [6.45, 7) is 25.5. The predicted molar refractivity (Wildman–Crippen MR) is 110 cm³/mol. The molecule has 0 aliphatic carbocycles. The summed E-state index contributed by atoms with van der Waals surface area (Å²) in [7, 11) is -2.10. The van der Waals surface area contributed by atoms with E-state index >= 15 is 0 Å². The minimum atomic E-state index is -1.26. The molecule has 1 N–H and O–H groups in total. The zero-order chi connectivity index (χ0) is 17.5. The van der Waals surface area contributed by atoms with E-state index in [9.17, 15) is 0 Å². The Hall–Kier alpha value is 0.134. The normalized spacial score (nSPS) is 14.3. The van der Waals surface area contributed by atoms with E-state index in [1.807, 2.05) is 0 Å². The SMILES string of the molecule is CC(C)=C[SiH](CCCNC(C)C)[Si](C(C)C)(C(C)C)C(C)C. The van der Waals surface area contributed by atoms with Gasteiger partial charge in [-0.15, -0.1) is 5.70 Å². The van der Waals surface area contributed by atoms with Gasteiger partial charge in [-0.2, -0.15) is 0 Å². The maximum atomic E-state index is 3.61. The molecular weight excluding hydrogens is 298 g/mol. The second-order valence-corrected chi connectivity index (χ2v) is 21.4. The lowest BCUT2D eigenvalue weighted by Gasteiger charge is -2.48. The number of hydrogen-bond donors (Lipinski definition) is 1. The standard InChI is InChI=1S/C19H43NSi2/c1-15(2)14-21(13-11-12-20-16(3)4)22(17(5)6,18(7)8)19(9)10/h14,16-21H,11-13H2,1-10H3. The first-order valence-corrected chi connectivity index (χ1v) is 15.0. The van der Waals surface area contributed by atoms with E-state index in [0.717, 1.165) is 16.6 Å². The second kappa shape index (κ2) is 10.1. The Kier molecular flexibility index (Phi) is 10.2. The molecule has 0 aromatic rings. The van der Waals surface area contributed by atoms with Crippen molar-refractivity contribution in [3.8, 4) is 0 Å². The molecule has 0 saturated heterocycles. The summed E-state index contributed by atoms with van der Waals surface area (Å²) in [5, 5.41) is 3.61. The van der Waals surface area contributed by atoms with Crippen LogP contribution < -0.4 is 5.32 Å². The van der Waals surface area contributed by atoms with E-state index < -0.39 is 15.9 Å². The van der Waals surface area contributed by atoms with E-state index in [2.05, 4.69) is 80.3 Å². The third-order valence-electron chi connectivity index (χ3n) is 5.42. The Labute approximate surface area is 143 Å². The molecule has 0 aliphatic rings. The van der Waals surface area contributed by atoms with Crippen LogP contribution in [0.1, 0.15) is 75.7 Å². The fourth-order valence-corrected chi connectivity index (χ4v) is 25.5. The van der Waals surface area contributed by atoms with Crippen molar-refractivity contribution in [1.29, 1.82) is 0 Å². The van der Waals surface area contributed by atoms with Crippen LogP contribution in [0.5, 0.6) is 0 Å². The van der Waals surface area contributed by atoms with Crippen LogP contribution in [0.4, 0.5) is 0 Å². The molecule has 1 unspecified atom stereocenters. The third kappa shape index (κ3) is 5.97. The van der Waals surface area contributed by atoms with Crippen LogP contribution in [0, 0.1) is 0 Å². The highest BCUT2D eigenvalue weighted by Gasteiger charge is 2.48. The molecule has 132 valence electrons. The zero-order valence-electron chi connectivity index (χ0n) is 17.1. The molecule has 0 radical (unpaired) electrons. The van der Waals surface area contributed by atoms with E-state index in [-0.39, 0.29) is 0 Å². The molecule has 1 nitrogen and oxygen atoms in total. The van der Waals surface area contributed by atoms with Gasteiger partial charge in [-0.1, -0.05) is 83.6 Å². The van der Waals surface area contributed by atoms with Gasteiger partial charge < -0.3 is 5.32 Å². The first-order valence-electron chi connectivity index (χ1n) is 9.45. The Morgan fingerprint density at radius 2 is 1.36 bits per heavy atom. The lowest BCUT2D eigenvalue weighted by Crippen LogP contribution is -2.57. The summed E-state index contributed by atoms with van der Waals surface area (Å²) >= 11 is 0. The average molecular weight is 342 g/mol. The smallest absolute Gasteiger partial charge is 0.0568 e. The molecule has 0 rings (SSSR count). The van der Waals surface area contributed by atoms with Crippen LogP contribution in [-0.2, 0) is 0 Å². The Balaban J connectivity index is 5.37. The van der Waals surface area contributed by atoms with E-state index in [0.29, 0.717) is 6.04 Å². The molecule has 3 heteroatoms. The van der Waals surface area contributed by atoms with Crippen molar-refractivity contribution >= 4 is 15.9 Å². The minimum absolute atomic E-state index is 0.617. The van der Waals surface area contributed by atoms with Crippen molar-refractivity contribution in [3.63, 3.8) is 0 Å². The van der Waals surface area contributed by atoms with Gasteiger partial charge in [0.05, 0.1) is 15.9 Å². The quantitative estimate of drug-likeness (QED) is 0.387. The topological polar surface area (TPSA) is 12.0 Å². The van der Waals surface area contributed by atoms with Gasteiger partial charge in [0.15, 0.2) is 0 Å². The summed E-state index contributed by atoms with van der Waals surface area (Å²) in [6.07, 6.45) is 1.36. The molecule has 0 heterocycles. The lowest BCUT2D eigenvalue weighted by atomic mass is 10.4. The summed E-state index contributed by atoms with van der Waals surface area (Å²) in [5.74, 6) is 0. The fraction of sp³-hybridized carbons (Fsp3) is 0.895. The number of rotatable bonds is 10. The zero-order valence-corrected chi connectivity index (χ0v) is 19.2. The van der Waals surface area contributed by atoms with Crippen molar-refractivity contribution < 1.29 is 0 Å². The van der Waals surface area contributed by atoms with Crippen molar-refractivity contribution in [2.45, 2.75) is 104 Å². The molecule has 0 amide bonds. The molecule has 0 aromatic heterocycles. The van der Waals surface area contributed by atoms with Gasteiger partial charge in [0.25, 0.3) is 0 Å². The summed E-state index contributed by atoms with van der Waals surface area (Å²) in [6, 6.07) is 2.11. The summed E-state index contributed by atoms with van der Waals surface area (Å²) < 4.78 is 0. The number of allylic oxidation sites excluding steroid dienone is 1. The first kappa shape index (κ1) is 22.1. The molecule has 0 bridgehead atoms. The van der Waals surface area contributed by atoms with Crippen LogP contribution >= 0.6 is 0 Å². The van der Waals surface area contributed by atoms with Gasteiger partial charge in [0.2, 0.25) is 0 Å². The van der Waals surface area contributed by atoms with Crippen LogP contribution in [0.15, 0.2) is 11.3 Å². The Morgan fingerprint density at radius 1 is 0.909 bits per heavy atom. The summed E-state index contributed by atoms with van der Waals surface area (Å²) in [4.78, 5) is 0. The van der Waals surface area contributed by atoms with Gasteiger partial charge in [-0.05, 0) is 26.8 Å². The van der Waals surface area contributed by atoms with Crippen molar-refractivity contribution in [2.24, 2.45) is 0 Å². The second-order valence-electron chi connectivity index (χ2n) is 8.57. The van der Waals surface area contributed by atoms with Gasteiger partial charge in [-0.3, -0.25) is 0 Å². The Morgan fingerprint density at radius 3 is 1.68 bits per heavy atom. The third-order valence-corrected chi connectivity index (χ3v) is 26.0. The molecule has 0 aromatic carbocycles. The maximum absolute atomic E-state index is 3.61. The van der Waals surface area contributed by atoms with Crippen molar-refractivity contribution in [2.75, 3.05) is 6.54 Å². The lowest BCUT2D eigenvalue weighted by molar-refractivity contribution is 0.583. The fourth-order valence-electron chi connectivity index (χ4n) is 4.88. The van der Waals surface area contributed by atoms with Crippen LogP contribution in [-0.4, -0.2) is 28.5 Å². The first-order chi connectivity index (χ1) is 10.1. The molecular formula is C19H43NSi2. The van der Waals surface area contributed by atoms with Gasteiger partial charge >= 0.3 is 0 Å². The van der Waals surface area contributed by atoms with Crippen LogP contribution in [0.2, 0.25) is 22.7 Å². The monoisotopic (exact) mass is 341 g/mol. The molecule has 1 atom stereocenters. The minimum Gasteiger partial charge on any atom is -0.315 e. The van der Waals surface area contributed by atoms with Crippen LogP contribution in [0.25, 0.3) is 0 Å². The van der Waals surface area contributed by atoms with E-state index in [1.54, 1.807) is 5.57 Å². The van der Waals surface area contributed by atoms with Crippen molar-refractivity contribution in [1.82, 2.24) is 5.32 Å². The molecule has 0 spiro atoms.